The van der Waals surface area contributed by atoms with E-state index >= 15 is 0 Å². The number of hydrogen-bond acceptors (Lipinski definition) is 3. The minimum Gasteiger partial charge on any atom is -0.399 e. The Morgan fingerprint density at radius 3 is 2.62 bits per heavy atom. The Balaban J connectivity index is 1.76. The van der Waals surface area contributed by atoms with Crippen molar-refractivity contribution in [3.63, 3.8) is 0 Å². The summed E-state index contributed by atoms with van der Waals surface area (Å²) in [6.45, 7) is 3.14. The second-order valence-electron chi connectivity index (χ2n) is 6.23. The van der Waals surface area contributed by atoms with Gasteiger partial charge in [0.2, 0.25) is 5.91 Å². The van der Waals surface area contributed by atoms with Crippen molar-refractivity contribution in [2.75, 3.05) is 24.6 Å². The monoisotopic (exact) mass is 289 g/mol. The van der Waals surface area contributed by atoms with Crippen molar-refractivity contribution in [3.8, 4) is 0 Å². The fourth-order valence-electron chi connectivity index (χ4n) is 3.19. The molecule has 1 aromatic rings. The van der Waals surface area contributed by atoms with Crippen LogP contribution in [0.25, 0.3) is 0 Å². The van der Waals surface area contributed by atoms with E-state index in [-0.39, 0.29) is 5.91 Å². The maximum Gasteiger partial charge on any atom is 0.225 e. The lowest BCUT2D eigenvalue weighted by Crippen LogP contribution is -2.40. The third-order valence-electron chi connectivity index (χ3n) is 4.52. The molecule has 4 heteroatoms. The van der Waals surface area contributed by atoms with Crippen molar-refractivity contribution in [2.24, 2.45) is 5.92 Å². The molecule has 1 aliphatic rings. The fraction of sp³-hybridized carbons (Fsp3) is 0.588. The normalized spacial score (nSPS) is 22.2. The number of anilines is 2. The van der Waals surface area contributed by atoms with E-state index in [1.165, 1.54) is 25.7 Å². The summed E-state index contributed by atoms with van der Waals surface area (Å²) >= 11 is 0. The highest BCUT2D eigenvalue weighted by Gasteiger charge is 2.24. The third-order valence-corrected chi connectivity index (χ3v) is 4.52. The Hall–Kier alpha value is -1.55. The number of nitrogen functional groups attached to an aromatic ring is 1. The molecule has 2 rings (SSSR count). The molecule has 3 N–H and O–H groups in total. The molecule has 2 unspecified atom stereocenters. The fourth-order valence-corrected chi connectivity index (χ4v) is 3.19. The van der Waals surface area contributed by atoms with Gasteiger partial charge >= 0.3 is 0 Å². The number of nitrogens with one attached hydrogen (secondary N) is 1. The van der Waals surface area contributed by atoms with Crippen LogP contribution in [0.15, 0.2) is 24.3 Å². The Morgan fingerprint density at radius 2 is 1.95 bits per heavy atom. The lowest BCUT2D eigenvalue weighted by molar-refractivity contribution is -0.116. The van der Waals surface area contributed by atoms with E-state index in [1.54, 1.807) is 12.1 Å². The predicted molar refractivity (Wildman–Crippen MR) is 88.2 cm³/mol. The number of nitrogens with zero attached hydrogens (tertiary/aromatic N) is 1. The van der Waals surface area contributed by atoms with Crippen LogP contribution in [0.3, 0.4) is 0 Å². The van der Waals surface area contributed by atoms with Gasteiger partial charge in [0.1, 0.15) is 0 Å². The quantitative estimate of drug-likeness (QED) is 0.819. The van der Waals surface area contributed by atoms with Crippen molar-refractivity contribution >= 4 is 17.3 Å². The standard InChI is InChI=1S/C17H27N3O/c1-13-5-3-4-6-16(13)20(2)12-11-17(21)19-15-9-7-14(18)8-10-15/h7-10,13,16H,3-6,11-12,18H2,1-2H3,(H,19,21). The first-order valence-electron chi connectivity index (χ1n) is 7.92. The molecule has 4 nitrogen and oxygen atoms in total. The molecule has 1 saturated carbocycles. The molecule has 1 aromatic carbocycles. The third kappa shape index (κ3) is 4.74. The minimum atomic E-state index is 0.0649. The van der Waals surface area contributed by atoms with Crippen LogP contribution in [0.4, 0.5) is 11.4 Å². The highest BCUT2D eigenvalue weighted by atomic mass is 16.1. The van der Waals surface area contributed by atoms with Gasteiger partial charge in [-0.05, 0) is 50.1 Å². The van der Waals surface area contributed by atoms with Crippen molar-refractivity contribution in [3.05, 3.63) is 24.3 Å². The summed E-state index contributed by atoms with van der Waals surface area (Å²) in [5, 5.41) is 2.92. The highest BCUT2D eigenvalue weighted by Crippen LogP contribution is 2.27. The highest BCUT2D eigenvalue weighted by molar-refractivity contribution is 5.90. The number of carbonyl (C=O) groups is 1. The van der Waals surface area contributed by atoms with E-state index < -0.39 is 0 Å². The molecule has 0 aliphatic heterocycles. The summed E-state index contributed by atoms with van der Waals surface area (Å²) in [6.07, 6.45) is 5.77. The zero-order valence-corrected chi connectivity index (χ0v) is 13.1. The molecule has 0 heterocycles. The van der Waals surface area contributed by atoms with Gasteiger partial charge in [0.05, 0.1) is 0 Å². The van der Waals surface area contributed by atoms with Gasteiger partial charge in [-0.3, -0.25) is 4.79 Å². The summed E-state index contributed by atoms with van der Waals surface area (Å²) in [4.78, 5) is 14.4. The lowest BCUT2D eigenvalue weighted by Gasteiger charge is -2.36. The molecule has 1 fully saturated rings. The van der Waals surface area contributed by atoms with Gasteiger partial charge < -0.3 is 16.0 Å². The van der Waals surface area contributed by atoms with Gasteiger partial charge in [0.25, 0.3) is 0 Å². The largest absolute Gasteiger partial charge is 0.399 e. The summed E-state index contributed by atoms with van der Waals surface area (Å²) in [7, 11) is 2.14. The lowest BCUT2D eigenvalue weighted by atomic mass is 9.85. The number of hydrogen-bond donors (Lipinski definition) is 2. The average molecular weight is 289 g/mol. The molecule has 1 aliphatic carbocycles. The smallest absolute Gasteiger partial charge is 0.225 e. The maximum absolute atomic E-state index is 12.0. The first kappa shape index (κ1) is 15.8. The molecule has 0 bridgehead atoms. The summed E-state index contributed by atoms with van der Waals surface area (Å²) in [5.74, 6) is 0.805. The minimum absolute atomic E-state index is 0.0649. The van der Waals surface area contributed by atoms with Crippen LogP contribution in [-0.4, -0.2) is 30.4 Å². The van der Waals surface area contributed by atoms with Gasteiger partial charge in [-0.25, -0.2) is 0 Å². The Morgan fingerprint density at radius 1 is 1.29 bits per heavy atom. The maximum atomic E-state index is 12.0. The van der Waals surface area contributed by atoms with Crippen molar-refractivity contribution in [2.45, 2.75) is 45.1 Å². The predicted octanol–water partition coefficient (Wildman–Crippen LogP) is 3.11. The van der Waals surface area contributed by atoms with E-state index in [0.717, 1.165) is 18.2 Å². The summed E-state index contributed by atoms with van der Waals surface area (Å²) < 4.78 is 0. The number of benzene rings is 1. The first-order valence-corrected chi connectivity index (χ1v) is 7.92. The molecule has 1 amide bonds. The van der Waals surface area contributed by atoms with Gasteiger partial charge in [0, 0.05) is 30.4 Å². The molecule has 0 aromatic heterocycles. The van der Waals surface area contributed by atoms with Crippen LogP contribution in [0.5, 0.6) is 0 Å². The van der Waals surface area contributed by atoms with E-state index in [0.29, 0.717) is 18.2 Å². The molecule has 2 atom stereocenters. The van der Waals surface area contributed by atoms with E-state index in [9.17, 15) is 4.79 Å². The molecular formula is C17H27N3O. The van der Waals surface area contributed by atoms with E-state index in [1.807, 2.05) is 12.1 Å². The number of amides is 1. The van der Waals surface area contributed by atoms with E-state index in [4.69, 9.17) is 5.73 Å². The number of nitrogens with two attached hydrogens (primary N) is 1. The zero-order valence-electron chi connectivity index (χ0n) is 13.1. The zero-order chi connectivity index (χ0) is 15.2. The Kier molecular flexibility index (Phi) is 5.62. The van der Waals surface area contributed by atoms with Gasteiger partial charge in [-0.2, -0.15) is 0 Å². The summed E-state index contributed by atoms with van der Waals surface area (Å²) in [5.41, 5.74) is 7.15. The van der Waals surface area contributed by atoms with Gasteiger partial charge in [-0.15, -0.1) is 0 Å². The van der Waals surface area contributed by atoms with Crippen LogP contribution in [0.1, 0.15) is 39.0 Å². The van der Waals surface area contributed by atoms with Gasteiger partial charge in [0.15, 0.2) is 0 Å². The Labute approximate surface area is 127 Å². The molecule has 0 spiro atoms. The molecule has 116 valence electrons. The number of rotatable bonds is 5. The van der Waals surface area contributed by atoms with Crippen molar-refractivity contribution in [1.82, 2.24) is 4.90 Å². The molecule has 0 radical (unpaired) electrons. The second kappa shape index (κ2) is 7.46. The number of carbonyl (C=O) groups excluding carboxylic acids is 1. The van der Waals surface area contributed by atoms with Crippen LogP contribution < -0.4 is 11.1 Å². The second-order valence-corrected chi connectivity index (χ2v) is 6.23. The first-order chi connectivity index (χ1) is 10.1. The van der Waals surface area contributed by atoms with Crippen LogP contribution in [0.2, 0.25) is 0 Å². The van der Waals surface area contributed by atoms with E-state index in [2.05, 4.69) is 24.2 Å². The van der Waals surface area contributed by atoms with Crippen LogP contribution in [0, 0.1) is 5.92 Å². The van der Waals surface area contributed by atoms with Crippen molar-refractivity contribution in [1.29, 1.82) is 0 Å². The van der Waals surface area contributed by atoms with Gasteiger partial charge in [-0.1, -0.05) is 19.8 Å². The molecular weight excluding hydrogens is 262 g/mol. The average Bonchev–Trinajstić information content (AvgIpc) is 2.48. The van der Waals surface area contributed by atoms with Crippen molar-refractivity contribution < 1.29 is 4.79 Å². The van der Waals surface area contributed by atoms with Crippen LogP contribution in [-0.2, 0) is 4.79 Å². The topological polar surface area (TPSA) is 58.4 Å². The summed E-state index contributed by atoms with van der Waals surface area (Å²) in [6, 6.07) is 7.89. The molecule has 0 saturated heterocycles. The SMILES string of the molecule is CC1CCCCC1N(C)CCC(=O)Nc1ccc(N)cc1. The van der Waals surface area contributed by atoms with Crippen LogP contribution >= 0.6 is 0 Å². The Bertz CT molecular complexity index is 458. The molecule has 21 heavy (non-hydrogen) atoms.